The Bertz CT molecular complexity index is 7430. The van der Waals surface area contributed by atoms with Gasteiger partial charge in [0.1, 0.15) is 0 Å². The molecule has 0 aliphatic carbocycles. The van der Waals surface area contributed by atoms with Crippen molar-refractivity contribution < 1.29 is 53.5 Å². The van der Waals surface area contributed by atoms with Gasteiger partial charge in [-0.15, -0.1) is 0 Å². The molecule has 16 aromatic rings. The number of fused-ring (bicyclic) bond motifs is 8. The summed E-state index contributed by atoms with van der Waals surface area (Å²) in [5.41, 5.74) is -0.980. The van der Waals surface area contributed by atoms with Gasteiger partial charge in [-0.05, 0) is 197 Å². The Morgan fingerprint density at radius 2 is 0.578 bits per heavy atom. The zero-order chi connectivity index (χ0) is 89.5. The molecule has 0 saturated heterocycles. The third kappa shape index (κ3) is 8.71. The van der Waals surface area contributed by atoms with Crippen molar-refractivity contribution in [2.75, 3.05) is 0 Å². The molecule has 16 aromatic carbocycles. The second-order valence-corrected chi connectivity index (χ2v) is 19.3. The lowest BCUT2D eigenvalue weighted by Gasteiger charge is -2.20. The van der Waals surface area contributed by atoms with Crippen LogP contribution in [-0.2, 0) is 0 Å². The lowest BCUT2D eigenvalue weighted by Crippen LogP contribution is -1.94. The average Bonchev–Trinajstić information content (AvgIpc) is 0.691. The molecule has 390 valence electrons. The van der Waals surface area contributed by atoms with Gasteiger partial charge in [-0.25, -0.2) is 0 Å². The van der Waals surface area contributed by atoms with Crippen LogP contribution in [0.25, 0.3) is 153 Å². The summed E-state index contributed by atoms with van der Waals surface area (Å²) in [7, 11) is 0. The number of aryl methyl sites for hydroxylation is 2. The van der Waals surface area contributed by atoms with Crippen molar-refractivity contribution in [2.24, 2.45) is 0 Å². The van der Waals surface area contributed by atoms with Crippen molar-refractivity contribution in [1.29, 1.82) is 0 Å². The minimum absolute atomic E-state index is 0.0164. The van der Waals surface area contributed by atoms with Crippen molar-refractivity contribution in [3.05, 3.63) is 313 Å². The van der Waals surface area contributed by atoms with Crippen LogP contribution >= 0.6 is 0 Å². The van der Waals surface area contributed by atoms with Crippen molar-refractivity contribution in [2.45, 2.75) is 20.8 Å². The molecule has 0 atom stereocenters. The molecule has 83 heavy (non-hydrogen) atoms. The van der Waals surface area contributed by atoms with Crippen molar-refractivity contribution >= 4 is 86.2 Å². The maximum Gasteiger partial charge on any atom is 0.0636 e. The van der Waals surface area contributed by atoms with Crippen LogP contribution in [0.5, 0.6) is 0 Å². The second-order valence-electron chi connectivity index (χ2n) is 19.3. The third-order valence-corrected chi connectivity index (χ3v) is 14.4. The molecule has 16 rings (SSSR count). The Hall–Kier alpha value is -10.4. The Balaban J connectivity index is 0.000000190. The summed E-state index contributed by atoms with van der Waals surface area (Å²) in [5, 5.41) is -2.42. The van der Waals surface area contributed by atoms with E-state index in [1.807, 2.05) is 0 Å². The molecule has 0 amide bonds. The number of rotatable bonds is 6. The Morgan fingerprint density at radius 3 is 1.12 bits per heavy atom. The third-order valence-electron chi connectivity index (χ3n) is 14.4. The Kier molecular flexibility index (Phi) is 5.86. The van der Waals surface area contributed by atoms with Gasteiger partial charge in [0.05, 0.1) is 53.5 Å². The first kappa shape index (κ1) is 23.6. The fourth-order valence-electron chi connectivity index (χ4n) is 10.9. The van der Waals surface area contributed by atoms with Crippen LogP contribution in [0, 0.1) is 20.8 Å². The summed E-state index contributed by atoms with van der Waals surface area (Å²) in [6.45, 7) is 4.55. The molecule has 0 aliphatic rings. The van der Waals surface area contributed by atoms with Crippen LogP contribution < -0.4 is 0 Å². The molecule has 0 aromatic heterocycles. The van der Waals surface area contributed by atoms with Crippen molar-refractivity contribution in [1.82, 2.24) is 0 Å². The maximum atomic E-state index is 9.48. The van der Waals surface area contributed by atoms with Gasteiger partial charge < -0.3 is 0 Å². The predicted octanol–water partition coefficient (Wildman–Crippen LogP) is 23.5. The Labute approximate surface area is 539 Å². The normalized spacial score (nSPS) is 18.1. The van der Waals surface area contributed by atoms with Crippen LogP contribution in [0.4, 0.5) is 0 Å². The van der Waals surface area contributed by atoms with E-state index in [0.29, 0.717) is 32.7 Å². The van der Waals surface area contributed by atoms with Crippen LogP contribution in [0.15, 0.2) is 296 Å². The van der Waals surface area contributed by atoms with E-state index in [0.717, 1.165) is 0 Å². The first-order chi connectivity index (χ1) is 57.2. The number of benzene rings is 16. The van der Waals surface area contributed by atoms with Crippen LogP contribution in [0.3, 0.4) is 0 Å². The van der Waals surface area contributed by atoms with Crippen molar-refractivity contribution in [3.8, 4) is 66.8 Å². The molecule has 0 saturated carbocycles. The summed E-state index contributed by atoms with van der Waals surface area (Å²) in [5.74, 6) is 0. The lowest BCUT2D eigenvalue weighted by molar-refractivity contribution is 1.39. The van der Waals surface area contributed by atoms with E-state index in [2.05, 4.69) is 0 Å². The highest BCUT2D eigenvalue weighted by atomic mass is 14.2. The van der Waals surface area contributed by atoms with Gasteiger partial charge in [0.15, 0.2) is 0 Å². The van der Waals surface area contributed by atoms with E-state index >= 15 is 0 Å². The highest BCUT2D eigenvalue weighted by Gasteiger charge is 2.21. The zero-order valence-electron chi connectivity index (χ0n) is 82.8. The fourth-order valence-corrected chi connectivity index (χ4v) is 10.9. The van der Waals surface area contributed by atoms with E-state index in [1.54, 1.807) is 62.4 Å². The molecule has 0 unspecified atom stereocenters. The van der Waals surface area contributed by atoms with Crippen molar-refractivity contribution in [3.63, 3.8) is 0 Å². The first-order valence-electron chi connectivity index (χ1n) is 45.3. The van der Waals surface area contributed by atoms with Gasteiger partial charge >= 0.3 is 0 Å². The first-order valence-corrected chi connectivity index (χ1v) is 25.8. The maximum absolute atomic E-state index is 9.48. The van der Waals surface area contributed by atoms with E-state index < -0.39 is 273 Å². The van der Waals surface area contributed by atoms with Gasteiger partial charge in [-0.3, -0.25) is 0 Å². The highest BCUT2D eigenvalue weighted by Crippen LogP contribution is 2.48. The van der Waals surface area contributed by atoms with Crippen LogP contribution in [0.2, 0.25) is 0 Å². The standard InChI is InChI=1S/C43H32.C40H26/c1-27-19-20-32-26-33(22-21-31(32)23-27)42-37-14-6-8-16-39(37)43(40-17-9-7-15-38(40)42)34-24-28(2)41(29(3)25-34)36-18-10-12-30-11-4-5-13-35(30)36;1-2-12-31-26-32(25-20-27(31)10-1)40-37-17-7-5-15-35(37)39(36-16-6-8-18-38(36)40)30-23-21-29(22-24-30)34-19-9-13-28-11-3-4-14-33(28)34/h4-26H,1-3H3;1-26H/i4D,5D,6D,7D,8D,9D,10D,11D,12D,13D,14D,15D,16D,17D,18D,19D,20D,21D,22D,23D,26D;1D,2D,3D,4D,9D,10D,11D,12D,13D,14D,19D,20D,21D,22D,23D,24D,25D,26D. The van der Waals surface area contributed by atoms with Gasteiger partial charge in [0, 0.05) is 0 Å². The average molecular weight is 1090 g/mol. The summed E-state index contributed by atoms with van der Waals surface area (Å²) in [4.78, 5) is 0. The lowest BCUT2D eigenvalue weighted by atomic mass is 9.83. The molecule has 0 fully saturated rings. The summed E-state index contributed by atoms with van der Waals surface area (Å²) < 4.78 is 345. The van der Waals surface area contributed by atoms with Crippen LogP contribution in [0.1, 0.15) is 70.1 Å². The largest absolute Gasteiger partial charge is 0.0636 e. The Morgan fingerprint density at radius 1 is 0.229 bits per heavy atom. The molecule has 0 bridgehead atoms. The molecule has 0 nitrogen and oxygen atoms in total. The van der Waals surface area contributed by atoms with E-state index in [-0.39, 0.29) is 99.2 Å². The minimum atomic E-state index is -0.778. The summed E-state index contributed by atoms with van der Waals surface area (Å²) >= 11 is 0. The number of hydrogen-bond acceptors (Lipinski definition) is 0. The van der Waals surface area contributed by atoms with Gasteiger partial charge in [-0.1, -0.05) is 290 Å². The molecule has 0 radical (unpaired) electrons. The van der Waals surface area contributed by atoms with Crippen LogP contribution in [-0.4, -0.2) is 0 Å². The molecule has 0 spiro atoms. The molecule has 0 heteroatoms. The number of hydrogen-bond donors (Lipinski definition) is 0. The van der Waals surface area contributed by atoms with Gasteiger partial charge in [-0.2, -0.15) is 0 Å². The van der Waals surface area contributed by atoms with Gasteiger partial charge in [0.25, 0.3) is 0 Å². The summed E-state index contributed by atoms with van der Waals surface area (Å²) in [6, 6.07) is -8.20. The predicted molar refractivity (Wildman–Crippen MR) is 360 cm³/mol. The van der Waals surface area contributed by atoms with Gasteiger partial charge in [0.2, 0.25) is 0 Å². The second kappa shape index (κ2) is 20.6. The monoisotopic (exact) mass is 1090 g/mol. The van der Waals surface area contributed by atoms with E-state index in [4.69, 9.17) is 38.4 Å². The molecule has 0 heterocycles. The van der Waals surface area contributed by atoms with E-state index in [9.17, 15) is 15.1 Å². The molecule has 0 aliphatic heterocycles. The fraction of sp³-hybridized carbons (Fsp3) is 0.0361. The SMILES string of the molecule is [2H]c1c(-c2c3c([2H])c([2H])c([2H])c([2H])c3c(-c3cc(C)c(-c4c([2H])c([2H])c([2H])c5c([2H])c([2H])c([2H])c([2H])c45)c(C)c3)c3c([2H])c([2H])c([2H])c([2H])c23)c([2H])c2c([2H])c([2H])c(C)c([2H])c2c1[2H].[2H]c1c([2H])c(-c2c([2H])c([2H])c([2H])c3c([2H])c([2H])c([2H])c([2H])c23)c([2H])c([2H])c1-c1c2ccccc2c(-c2c([2H])c([2H])c3c([2H])c([2H])c([2H])c([2H])c3c2[2H])c2ccccc12. The smallest absolute Gasteiger partial charge is 0.0616 e. The molecular weight excluding hydrogens is 997 g/mol. The highest BCUT2D eigenvalue weighted by molar-refractivity contribution is 6.23. The quantitative estimate of drug-likeness (QED) is 0.146. The van der Waals surface area contributed by atoms with E-state index in [1.165, 1.54) is 19.1 Å². The molecule has 0 N–H and O–H groups in total. The molecular formula is C83H58. The zero-order valence-corrected chi connectivity index (χ0v) is 43.8. The summed E-state index contributed by atoms with van der Waals surface area (Å²) in [6.07, 6.45) is 0. The minimum Gasteiger partial charge on any atom is -0.0616 e. The topological polar surface area (TPSA) is 0 Å².